The highest BCUT2D eigenvalue weighted by Gasteiger charge is 2.22. The fraction of sp³-hybridized carbons (Fsp3) is 0.368. The summed E-state index contributed by atoms with van der Waals surface area (Å²) in [6, 6.07) is 10.2. The molecule has 3 aromatic rings. The Morgan fingerprint density at radius 2 is 2.08 bits per heavy atom. The van der Waals surface area contributed by atoms with Gasteiger partial charge in [-0.2, -0.15) is 0 Å². The zero-order chi connectivity index (χ0) is 17.2. The van der Waals surface area contributed by atoms with Crippen molar-refractivity contribution in [3.8, 4) is 0 Å². The lowest BCUT2D eigenvalue weighted by Gasteiger charge is -2.21. The van der Waals surface area contributed by atoms with E-state index in [1.807, 2.05) is 42.5 Å². The number of hydrogen-bond acceptors (Lipinski definition) is 4. The van der Waals surface area contributed by atoms with Crippen LogP contribution in [0.3, 0.4) is 0 Å². The number of fused-ring (bicyclic) bond motifs is 1. The first-order chi connectivity index (χ1) is 12.2. The smallest absolute Gasteiger partial charge is 0.264 e. The van der Waals surface area contributed by atoms with Crippen LogP contribution in [-0.2, 0) is 13.6 Å². The normalized spacial score (nSPS) is 16.3. The monoisotopic (exact) mass is 354 g/mol. The number of carbonyl (C=O) groups excluding carboxylic acids is 1. The van der Waals surface area contributed by atoms with Crippen molar-refractivity contribution >= 4 is 27.3 Å². The second-order valence-corrected chi connectivity index (χ2v) is 7.61. The number of rotatable bonds is 3. The number of nitrogens with zero attached hydrogens (tertiary/aromatic N) is 4. The van der Waals surface area contributed by atoms with Crippen molar-refractivity contribution in [3.05, 3.63) is 53.4 Å². The van der Waals surface area contributed by atoms with Crippen LogP contribution in [0.2, 0.25) is 0 Å². The van der Waals surface area contributed by atoms with E-state index in [-0.39, 0.29) is 5.91 Å². The van der Waals surface area contributed by atoms with E-state index in [0.717, 1.165) is 55.2 Å². The van der Waals surface area contributed by atoms with Gasteiger partial charge in [0.1, 0.15) is 5.82 Å². The number of carbonyl (C=O) groups is 1. The predicted octanol–water partition coefficient (Wildman–Crippen LogP) is 2.98. The molecule has 0 radical (unpaired) electrons. The first kappa shape index (κ1) is 16.3. The Morgan fingerprint density at radius 3 is 2.88 bits per heavy atom. The fourth-order valence-corrected chi connectivity index (χ4v) is 4.35. The minimum atomic E-state index is 0.167. The van der Waals surface area contributed by atoms with E-state index in [0.29, 0.717) is 0 Å². The molecule has 0 unspecified atom stereocenters. The molecule has 5 nitrogen and oxygen atoms in total. The number of imidazole rings is 1. The molecule has 0 bridgehead atoms. The molecule has 1 aliphatic heterocycles. The molecule has 0 N–H and O–H groups in total. The van der Waals surface area contributed by atoms with Crippen molar-refractivity contribution < 1.29 is 4.79 Å². The zero-order valence-electron chi connectivity index (χ0n) is 14.4. The van der Waals surface area contributed by atoms with E-state index in [1.54, 1.807) is 11.3 Å². The van der Waals surface area contributed by atoms with Gasteiger partial charge in [0, 0.05) is 50.3 Å². The topological polar surface area (TPSA) is 41.4 Å². The highest BCUT2D eigenvalue weighted by Crippen LogP contribution is 2.26. The van der Waals surface area contributed by atoms with Gasteiger partial charge < -0.3 is 9.47 Å². The minimum absolute atomic E-state index is 0.167. The van der Waals surface area contributed by atoms with Crippen molar-refractivity contribution in [1.29, 1.82) is 0 Å². The fourth-order valence-electron chi connectivity index (χ4n) is 3.32. The van der Waals surface area contributed by atoms with Gasteiger partial charge in [0.25, 0.3) is 5.91 Å². The molecule has 1 aromatic carbocycles. The Morgan fingerprint density at radius 1 is 1.20 bits per heavy atom. The molecule has 0 atom stereocenters. The molecule has 0 spiro atoms. The SMILES string of the molecule is Cn1ccnc1CN1CCCN(C(=O)c2cc3ccccc3s2)CC1. The molecule has 1 amide bonds. The number of benzene rings is 1. The Kier molecular flexibility index (Phi) is 4.55. The summed E-state index contributed by atoms with van der Waals surface area (Å²) < 4.78 is 3.24. The lowest BCUT2D eigenvalue weighted by molar-refractivity contribution is 0.0766. The maximum atomic E-state index is 12.9. The van der Waals surface area contributed by atoms with E-state index in [1.165, 1.54) is 4.70 Å². The van der Waals surface area contributed by atoms with Gasteiger partial charge in [0.2, 0.25) is 0 Å². The predicted molar refractivity (Wildman–Crippen MR) is 101 cm³/mol. The summed E-state index contributed by atoms with van der Waals surface area (Å²) in [5, 5.41) is 1.15. The molecular weight excluding hydrogens is 332 g/mol. The number of hydrogen-bond donors (Lipinski definition) is 0. The summed E-state index contributed by atoms with van der Waals surface area (Å²) in [5.41, 5.74) is 0. The summed E-state index contributed by atoms with van der Waals surface area (Å²) in [6.07, 6.45) is 4.82. The van der Waals surface area contributed by atoms with Crippen molar-refractivity contribution in [2.24, 2.45) is 7.05 Å². The second-order valence-electron chi connectivity index (χ2n) is 6.52. The molecule has 1 fully saturated rings. The van der Waals surface area contributed by atoms with E-state index >= 15 is 0 Å². The van der Waals surface area contributed by atoms with E-state index < -0.39 is 0 Å². The molecule has 0 aliphatic carbocycles. The van der Waals surface area contributed by atoms with E-state index in [9.17, 15) is 4.79 Å². The second kappa shape index (κ2) is 6.98. The van der Waals surface area contributed by atoms with Crippen LogP contribution >= 0.6 is 11.3 Å². The van der Waals surface area contributed by atoms with E-state index in [4.69, 9.17) is 0 Å². The van der Waals surface area contributed by atoms with Crippen molar-refractivity contribution in [2.45, 2.75) is 13.0 Å². The largest absolute Gasteiger partial charge is 0.337 e. The molecule has 1 aliphatic rings. The van der Waals surface area contributed by atoms with Crippen molar-refractivity contribution in [1.82, 2.24) is 19.4 Å². The zero-order valence-corrected chi connectivity index (χ0v) is 15.2. The molecule has 25 heavy (non-hydrogen) atoms. The Labute approximate surface area is 151 Å². The highest BCUT2D eigenvalue weighted by molar-refractivity contribution is 7.20. The molecule has 4 rings (SSSR count). The van der Waals surface area contributed by atoms with Crippen LogP contribution < -0.4 is 0 Å². The first-order valence-corrected chi connectivity index (χ1v) is 9.49. The Balaban J connectivity index is 1.43. The summed E-state index contributed by atoms with van der Waals surface area (Å²) in [6.45, 7) is 4.34. The molecule has 1 saturated heterocycles. The third kappa shape index (κ3) is 3.45. The minimum Gasteiger partial charge on any atom is -0.337 e. The molecule has 2 aromatic heterocycles. The molecule has 0 saturated carbocycles. The molecular formula is C19H22N4OS. The summed E-state index contributed by atoms with van der Waals surface area (Å²) >= 11 is 1.59. The van der Waals surface area contributed by atoms with Gasteiger partial charge in [-0.1, -0.05) is 18.2 Å². The highest BCUT2D eigenvalue weighted by atomic mass is 32.1. The Bertz CT molecular complexity index is 851. The van der Waals surface area contributed by atoms with Crippen LogP contribution in [0.25, 0.3) is 10.1 Å². The number of thiophene rings is 1. The van der Waals surface area contributed by atoms with Gasteiger partial charge in [-0.3, -0.25) is 9.69 Å². The maximum Gasteiger partial charge on any atom is 0.264 e. The number of amides is 1. The number of aryl methyl sites for hydroxylation is 1. The van der Waals surface area contributed by atoms with Crippen LogP contribution in [0.15, 0.2) is 42.7 Å². The molecule has 3 heterocycles. The maximum absolute atomic E-state index is 12.9. The molecule has 6 heteroatoms. The lowest BCUT2D eigenvalue weighted by atomic mass is 10.2. The summed E-state index contributed by atoms with van der Waals surface area (Å²) in [7, 11) is 2.03. The standard InChI is InChI=1S/C19H22N4OS/c1-21-10-7-20-18(21)14-22-8-4-9-23(12-11-22)19(24)17-13-15-5-2-3-6-16(15)25-17/h2-3,5-7,10,13H,4,8-9,11-12,14H2,1H3. The van der Waals surface area contributed by atoms with E-state index in [2.05, 4.69) is 26.6 Å². The van der Waals surface area contributed by atoms with Gasteiger partial charge in [0.15, 0.2) is 0 Å². The summed E-state index contributed by atoms with van der Waals surface area (Å²) in [4.78, 5) is 22.5. The van der Waals surface area contributed by atoms with Crippen molar-refractivity contribution in [3.63, 3.8) is 0 Å². The molecule has 130 valence electrons. The van der Waals surface area contributed by atoms with Crippen LogP contribution in [0.4, 0.5) is 0 Å². The summed E-state index contributed by atoms with van der Waals surface area (Å²) in [5.74, 6) is 1.24. The lowest BCUT2D eigenvalue weighted by Crippen LogP contribution is -2.34. The average Bonchev–Trinajstić information content (AvgIpc) is 3.15. The third-order valence-electron chi connectivity index (χ3n) is 4.80. The van der Waals surface area contributed by atoms with Crippen LogP contribution in [-0.4, -0.2) is 51.4 Å². The van der Waals surface area contributed by atoms with Crippen LogP contribution in [0.5, 0.6) is 0 Å². The Hall–Kier alpha value is -2.18. The van der Waals surface area contributed by atoms with Gasteiger partial charge >= 0.3 is 0 Å². The van der Waals surface area contributed by atoms with Gasteiger partial charge in [-0.15, -0.1) is 11.3 Å². The van der Waals surface area contributed by atoms with Gasteiger partial charge in [0.05, 0.1) is 11.4 Å². The quantitative estimate of drug-likeness (QED) is 0.726. The first-order valence-electron chi connectivity index (χ1n) is 8.67. The van der Waals surface area contributed by atoms with Gasteiger partial charge in [-0.25, -0.2) is 4.98 Å². The van der Waals surface area contributed by atoms with Crippen LogP contribution in [0.1, 0.15) is 21.9 Å². The van der Waals surface area contributed by atoms with Gasteiger partial charge in [-0.05, 0) is 23.9 Å². The average molecular weight is 354 g/mol. The van der Waals surface area contributed by atoms with Crippen molar-refractivity contribution in [2.75, 3.05) is 26.2 Å². The van der Waals surface area contributed by atoms with Crippen LogP contribution in [0, 0.1) is 0 Å². The number of aromatic nitrogens is 2. The third-order valence-corrected chi connectivity index (χ3v) is 5.90.